The molecular weight excluding hydrogens is 727 g/mol. The number of benzene rings is 11. The second kappa shape index (κ2) is 13.9. The minimum absolute atomic E-state index is 0.890. The summed E-state index contributed by atoms with van der Waals surface area (Å²) in [4.78, 5) is 2.38. The molecule has 1 heterocycles. The van der Waals surface area contributed by atoms with E-state index in [0.29, 0.717) is 0 Å². The molecule has 2 nitrogen and oxygen atoms in total. The van der Waals surface area contributed by atoms with E-state index in [1.54, 1.807) is 0 Å². The topological polar surface area (TPSA) is 16.4 Å². The predicted octanol–water partition coefficient (Wildman–Crippen LogP) is 16.7. The first-order valence-electron chi connectivity index (χ1n) is 20.6. The molecule has 280 valence electrons. The molecule has 0 bridgehead atoms. The van der Waals surface area contributed by atoms with Gasteiger partial charge in [-0.3, -0.25) is 0 Å². The zero-order chi connectivity index (χ0) is 39.6. The highest BCUT2D eigenvalue weighted by Gasteiger charge is 2.18. The first kappa shape index (κ1) is 34.1. The van der Waals surface area contributed by atoms with Crippen molar-refractivity contribution >= 4 is 82.1 Å². The minimum atomic E-state index is 0.890. The Morgan fingerprint density at radius 1 is 0.283 bits per heavy atom. The summed E-state index contributed by atoms with van der Waals surface area (Å²) in [5.74, 6) is 0. The van der Waals surface area contributed by atoms with Gasteiger partial charge in [0, 0.05) is 33.2 Å². The SMILES string of the molecule is c1cc(-c2ccc3ccccc3c2)cc(N(c2ccc(-c3ccc4c(ccc5ccccc54)c3)cc2)c2cccc(-c3cccc4oc5c6ccccc6ccc5c34)c2)c1. The van der Waals surface area contributed by atoms with Crippen LogP contribution in [0.3, 0.4) is 0 Å². The molecule has 0 aliphatic heterocycles. The lowest BCUT2D eigenvalue weighted by atomic mass is 9.96. The van der Waals surface area contributed by atoms with Crippen LogP contribution in [0.5, 0.6) is 0 Å². The van der Waals surface area contributed by atoms with Crippen molar-refractivity contribution < 1.29 is 4.42 Å². The molecule has 60 heavy (non-hydrogen) atoms. The van der Waals surface area contributed by atoms with E-state index in [-0.39, 0.29) is 0 Å². The van der Waals surface area contributed by atoms with Crippen molar-refractivity contribution in [2.45, 2.75) is 0 Å². The van der Waals surface area contributed by atoms with E-state index in [1.165, 1.54) is 60.0 Å². The Hall–Kier alpha value is -7.94. The van der Waals surface area contributed by atoms with E-state index < -0.39 is 0 Å². The predicted molar refractivity (Wildman–Crippen MR) is 255 cm³/mol. The number of nitrogens with zero attached hydrogens (tertiary/aromatic N) is 1. The fraction of sp³-hybridized carbons (Fsp3) is 0. The zero-order valence-electron chi connectivity index (χ0n) is 32.7. The molecule has 0 atom stereocenters. The van der Waals surface area contributed by atoms with Gasteiger partial charge in [0.1, 0.15) is 11.2 Å². The molecule has 0 unspecified atom stereocenters. The van der Waals surface area contributed by atoms with Gasteiger partial charge in [-0.05, 0) is 132 Å². The van der Waals surface area contributed by atoms with Crippen LogP contribution in [-0.4, -0.2) is 0 Å². The van der Waals surface area contributed by atoms with Crippen molar-refractivity contribution in [3.05, 3.63) is 224 Å². The van der Waals surface area contributed by atoms with Crippen molar-refractivity contribution in [1.82, 2.24) is 0 Å². The Morgan fingerprint density at radius 3 is 1.65 bits per heavy atom. The summed E-state index contributed by atoms with van der Waals surface area (Å²) in [6.45, 7) is 0. The summed E-state index contributed by atoms with van der Waals surface area (Å²) in [6, 6.07) is 81.3. The maximum Gasteiger partial charge on any atom is 0.143 e. The molecule has 1 aromatic heterocycles. The van der Waals surface area contributed by atoms with E-state index in [4.69, 9.17) is 4.42 Å². The van der Waals surface area contributed by atoms with Gasteiger partial charge < -0.3 is 9.32 Å². The summed E-state index contributed by atoms with van der Waals surface area (Å²) >= 11 is 0. The fourth-order valence-electron chi connectivity index (χ4n) is 9.24. The fourth-order valence-corrected chi connectivity index (χ4v) is 9.24. The van der Waals surface area contributed by atoms with Crippen LogP contribution in [0.4, 0.5) is 17.1 Å². The first-order valence-corrected chi connectivity index (χ1v) is 20.6. The third-order valence-corrected chi connectivity index (χ3v) is 12.2. The van der Waals surface area contributed by atoms with Gasteiger partial charge in [-0.2, -0.15) is 0 Å². The third kappa shape index (κ3) is 5.73. The molecule has 0 spiro atoms. The number of hydrogen-bond acceptors (Lipinski definition) is 2. The van der Waals surface area contributed by atoms with E-state index in [9.17, 15) is 0 Å². The van der Waals surface area contributed by atoms with Gasteiger partial charge >= 0.3 is 0 Å². The lowest BCUT2D eigenvalue weighted by Gasteiger charge is -2.27. The Balaban J connectivity index is 0.990. The smallest absolute Gasteiger partial charge is 0.143 e. The van der Waals surface area contributed by atoms with Crippen LogP contribution in [0.15, 0.2) is 229 Å². The Labute approximate surface area is 347 Å². The van der Waals surface area contributed by atoms with E-state index >= 15 is 0 Å². The van der Waals surface area contributed by atoms with Crippen molar-refractivity contribution in [3.63, 3.8) is 0 Å². The summed E-state index contributed by atoms with van der Waals surface area (Å²) in [6.07, 6.45) is 0. The van der Waals surface area contributed by atoms with Gasteiger partial charge in [0.2, 0.25) is 0 Å². The molecule has 0 aliphatic carbocycles. The normalized spacial score (nSPS) is 11.7. The highest BCUT2D eigenvalue weighted by atomic mass is 16.3. The third-order valence-electron chi connectivity index (χ3n) is 12.2. The quantitative estimate of drug-likeness (QED) is 0.157. The largest absolute Gasteiger partial charge is 0.455 e. The number of furan rings is 1. The monoisotopic (exact) mass is 763 g/mol. The number of rotatable bonds is 6. The van der Waals surface area contributed by atoms with E-state index in [0.717, 1.165) is 55.5 Å². The average molecular weight is 764 g/mol. The van der Waals surface area contributed by atoms with Gasteiger partial charge in [0.25, 0.3) is 0 Å². The van der Waals surface area contributed by atoms with Crippen molar-refractivity contribution in [3.8, 4) is 33.4 Å². The van der Waals surface area contributed by atoms with Gasteiger partial charge in [0.15, 0.2) is 0 Å². The van der Waals surface area contributed by atoms with Crippen molar-refractivity contribution in [1.29, 1.82) is 0 Å². The molecule has 0 fully saturated rings. The number of anilines is 3. The van der Waals surface area contributed by atoms with Gasteiger partial charge in [-0.15, -0.1) is 0 Å². The average Bonchev–Trinajstić information content (AvgIpc) is 3.71. The molecule has 0 N–H and O–H groups in total. The molecule has 12 aromatic rings. The van der Waals surface area contributed by atoms with E-state index in [1.807, 2.05) is 0 Å². The highest BCUT2D eigenvalue weighted by Crippen LogP contribution is 2.43. The lowest BCUT2D eigenvalue weighted by molar-refractivity contribution is 0.673. The van der Waals surface area contributed by atoms with Gasteiger partial charge in [-0.25, -0.2) is 0 Å². The second-order valence-corrected chi connectivity index (χ2v) is 15.7. The highest BCUT2D eigenvalue weighted by molar-refractivity contribution is 6.19. The van der Waals surface area contributed by atoms with Crippen LogP contribution < -0.4 is 4.90 Å². The lowest BCUT2D eigenvalue weighted by Crippen LogP contribution is -2.10. The second-order valence-electron chi connectivity index (χ2n) is 15.7. The molecule has 0 radical (unpaired) electrons. The molecule has 11 aromatic carbocycles. The molecule has 0 saturated carbocycles. The molecule has 0 amide bonds. The summed E-state index contributed by atoms with van der Waals surface area (Å²) in [5.41, 5.74) is 12.1. The summed E-state index contributed by atoms with van der Waals surface area (Å²) in [7, 11) is 0. The minimum Gasteiger partial charge on any atom is -0.455 e. The van der Waals surface area contributed by atoms with Crippen LogP contribution in [0, 0.1) is 0 Å². The Bertz CT molecular complexity index is 3610. The molecule has 12 rings (SSSR count). The van der Waals surface area contributed by atoms with Crippen LogP contribution in [-0.2, 0) is 0 Å². The molecule has 0 saturated heterocycles. The van der Waals surface area contributed by atoms with Crippen molar-refractivity contribution in [2.24, 2.45) is 0 Å². The maximum atomic E-state index is 6.61. The van der Waals surface area contributed by atoms with Gasteiger partial charge in [0.05, 0.1) is 0 Å². The summed E-state index contributed by atoms with van der Waals surface area (Å²) in [5, 5.41) is 12.1. The number of hydrogen-bond donors (Lipinski definition) is 0. The van der Waals surface area contributed by atoms with Crippen LogP contribution in [0.2, 0.25) is 0 Å². The first-order chi connectivity index (χ1) is 29.7. The van der Waals surface area contributed by atoms with Crippen LogP contribution >= 0.6 is 0 Å². The Morgan fingerprint density at radius 2 is 0.817 bits per heavy atom. The maximum absolute atomic E-state index is 6.61. The number of fused-ring (bicyclic) bond motifs is 9. The summed E-state index contributed by atoms with van der Waals surface area (Å²) < 4.78 is 6.61. The van der Waals surface area contributed by atoms with Crippen LogP contribution in [0.1, 0.15) is 0 Å². The Kier molecular flexibility index (Phi) is 7.89. The van der Waals surface area contributed by atoms with E-state index in [2.05, 4.69) is 229 Å². The zero-order valence-corrected chi connectivity index (χ0v) is 32.7. The molecular formula is C58H37NO. The van der Waals surface area contributed by atoms with Crippen LogP contribution in [0.25, 0.3) is 98.4 Å². The van der Waals surface area contributed by atoms with Crippen molar-refractivity contribution in [2.75, 3.05) is 4.90 Å². The standard InChI is InChI=1S/C58H37NO/c1-2-13-42-34-45(24-22-38(42)10-1)43-14-7-16-49(36-43)59(48-30-26-39(27-31-48)44-29-32-52-47(35-44)25-23-40-11-3-5-18-51(40)52)50-17-8-15-46(37-50)53-20-9-21-56-57(53)55-33-28-41-12-4-6-19-54(41)58(55)60-56/h1-37H. The molecule has 2 heteroatoms. The molecule has 0 aliphatic rings. The van der Waals surface area contributed by atoms with Gasteiger partial charge in [-0.1, -0.05) is 164 Å².